The van der Waals surface area contributed by atoms with Gasteiger partial charge in [0.2, 0.25) is 0 Å². The van der Waals surface area contributed by atoms with Gasteiger partial charge in [-0.05, 0) is 46.9 Å². The summed E-state index contributed by atoms with van der Waals surface area (Å²) in [6.45, 7) is 0. The molecule has 1 aliphatic heterocycles. The van der Waals surface area contributed by atoms with E-state index >= 15 is 0 Å². The van der Waals surface area contributed by atoms with Gasteiger partial charge in [-0.3, -0.25) is 0 Å². The quantitative estimate of drug-likeness (QED) is 0.810. The number of thiophene rings is 1. The van der Waals surface area contributed by atoms with Crippen molar-refractivity contribution in [2.45, 2.75) is 18.9 Å². The molecule has 1 N–H and O–H groups in total. The molecule has 0 saturated heterocycles. The second kappa shape index (κ2) is 3.70. The van der Waals surface area contributed by atoms with Gasteiger partial charge in [0, 0.05) is 11.7 Å². The zero-order valence-corrected chi connectivity index (χ0v) is 9.26. The van der Waals surface area contributed by atoms with Crippen LogP contribution in [0.5, 0.6) is 0 Å². The van der Waals surface area contributed by atoms with Gasteiger partial charge in [-0.25, -0.2) is 0 Å². The lowest BCUT2D eigenvalue weighted by Gasteiger charge is -2.09. The lowest BCUT2D eigenvalue weighted by molar-refractivity contribution is 0.748. The van der Waals surface area contributed by atoms with Crippen molar-refractivity contribution >= 4 is 17.0 Å². The zero-order valence-electron chi connectivity index (χ0n) is 8.44. The summed E-state index contributed by atoms with van der Waals surface area (Å²) < 4.78 is 0. The summed E-state index contributed by atoms with van der Waals surface area (Å²) in [6, 6.07) is 11.4. The van der Waals surface area contributed by atoms with E-state index in [1.807, 2.05) is 0 Å². The molecule has 0 fully saturated rings. The molecule has 0 spiro atoms. The summed E-state index contributed by atoms with van der Waals surface area (Å²) >= 11 is 1.78. The number of fused-ring (bicyclic) bond motifs is 1. The van der Waals surface area contributed by atoms with E-state index in [1.54, 1.807) is 11.3 Å². The predicted octanol–water partition coefficient (Wildman–Crippen LogP) is 3.33. The molecule has 2 aromatic rings. The number of para-hydroxylation sites is 1. The molecule has 0 amide bonds. The Morgan fingerprint density at radius 2 is 2.20 bits per heavy atom. The normalized spacial score (nSPS) is 18.5. The van der Waals surface area contributed by atoms with Crippen molar-refractivity contribution in [3.8, 4) is 0 Å². The molecule has 76 valence electrons. The highest BCUT2D eigenvalue weighted by Gasteiger charge is 2.19. The molecule has 15 heavy (non-hydrogen) atoms. The molecule has 2 heteroatoms. The number of rotatable bonds is 2. The number of anilines is 1. The maximum absolute atomic E-state index is 3.58. The van der Waals surface area contributed by atoms with Crippen molar-refractivity contribution < 1.29 is 0 Å². The molecule has 1 aromatic heterocycles. The molecule has 0 bridgehead atoms. The maximum Gasteiger partial charge on any atom is 0.0375 e. The zero-order chi connectivity index (χ0) is 10.1. The van der Waals surface area contributed by atoms with E-state index < -0.39 is 0 Å². The minimum absolute atomic E-state index is 0.581. The maximum atomic E-state index is 3.58. The third-order valence-corrected chi connectivity index (χ3v) is 3.64. The van der Waals surface area contributed by atoms with Crippen LogP contribution in [0.1, 0.15) is 11.1 Å². The van der Waals surface area contributed by atoms with Crippen molar-refractivity contribution in [3.05, 3.63) is 52.2 Å². The van der Waals surface area contributed by atoms with Gasteiger partial charge in [0.15, 0.2) is 0 Å². The second-order valence-corrected chi connectivity index (χ2v) is 4.82. The SMILES string of the molecule is c1ccc2c(c1)CC(Cc1ccsc1)N2. The van der Waals surface area contributed by atoms with E-state index in [0.29, 0.717) is 6.04 Å². The van der Waals surface area contributed by atoms with Gasteiger partial charge in [-0.1, -0.05) is 18.2 Å². The van der Waals surface area contributed by atoms with Gasteiger partial charge in [0.1, 0.15) is 0 Å². The standard InChI is InChI=1S/C13H13NS/c1-2-4-13-11(3-1)8-12(14-13)7-10-5-6-15-9-10/h1-6,9,12,14H,7-8H2. The number of hydrogen-bond donors (Lipinski definition) is 1. The Kier molecular flexibility index (Phi) is 2.22. The lowest BCUT2D eigenvalue weighted by Crippen LogP contribution is -2.17. The fourth-order valence-corrected chi connectivity index (χ4v) is 2.87. The molecule has 1 aromatic carbocycles. The summed E-state index contributed by atoms with van der Waals surface area (Å²) in [4.78, 5) is 0. The van der Waals surface area contributed by atoms with Crippen molar-refractivity contribution in [3.63, 3.8) is 0 Å². The average Bonchev–Trinajstić information content (AvgIpc) is 2.86. The first-order valence-electron chi connectivity index (χ1n) is 5.27. The topological polar surface area (TPSA) is 12.0 Å². The monoisotopic (exact) mass is 215 g/mol. The van der Waals surface area contributed by atoms with E-state index in [-0.39, 0.29) is 0 Å². The molecule has 1 nitrogen and oxygen atoms in total. The minimum Gasteiger partial charge on any atom is -0.381 e. The summed E-state index contributed by atoms with van der Waals surface area (Å²) in [7, 11) is 0. The van der Waals surface area contributed by atoms with Crippen LogP contribution in [0.25, 0.3) is 0 Å². The van der Waals surface area contributed by atoms with Gasteiger partial charge < -0.3 is 5.32 Å². The van der Waals surface area contributed by atoms with Crippen LogP contribution in [0.15, 0.2) is 41.1 Å². The second-order valence-electron chi connectivity index (χ2n) is 4.04. The largest absolute Gasteiger partial charge is 0.381 e. The molecule has 1 unspecified atom stereocenters. The Bertz CT molecular complexity index is 420. The third kappa shape index (κ3) is 1.77. The Morgan fingerprint density at radius 3 is 3.00 bits per heavy atom. The van der Waals surface area contributed by atoms with Gasteiger partial charge in [-0.15, -0.1) is 0 Å². The van der Waals surface area contributed by atoms with E-state index in [2.05, 4.69) is 46.4 Å². The van der Waals surface area contributed by atoms with Crippen LogP contribution in [0.3, 0.4) is 0 Å². The van der Waals surface area contributed by atoms with Gasteiger partial charge in [0.05, 0.1) is 0 Å². The Balaban J connectivity index is 1.74. The third-order valence-electron chi connectivity index (χ3n) is 2.91. The molecule has 1 atom stereocenters. The number of nitrogens with one attached hydrogen (secondary N) is 1. The fourth-order valence-electron chi connectivity index (χ4n) is 2.19. The predicted molar refractivity (Wildman–Crippen MR) is 65.6 cm³/mol. The van der Waals surface area contributed by atoms with Gasteiger partial charge in [-0.2, -0.15) is 11.3 Å². The summed E-state index contributed by atoms with van der Waals surface area (Å²) in [5.41, 5.74) is 4.22. The molecule has 1 aliphatic rings. The van der Waals surface area contributed by atoms with Crippen molar-refractivity contribution in [2.24, 2.45) is 0 Å². The molecule has 0 radical (unpaired) electrons. The molecule has 0 aliphatic carbocycles. The Labute approximate surface area is 93.8 Å². The average molecular weight is 215 g/mol. The first-order valence-corrected chi connectivity index (χ1v) is 6.21. The van der Waals surface area contributed by atoms with Crippen LogP contribution in [-0.2, 0) is 12.8 Å². The molecular weight excluding hydrogens is 202 g/mol. The van der Waals surface area contributed by atoms with Gasteiger partial charge in [0.25, 0.3) is 0 Å². The summed E-state index contributed by atoms with van der Waals surface area (Å²) in [5, 5.41) is 7.97. The highest BCUT2D eigenvalue weighted by Crippen LogP contribution is 2.27. The van der Waals surface area contributed by atoms with Crippen molar-refractivity contribution in [1.82, 2.24) is 0 Å². The van der Waals surface area contributed by atoms with Crippen LogP contribution >= 0.6 is 11.3 Å². The minimum atomic E-state index is 0.581. The molecule has 3 rings (SSSR count). The van der Waals surface area contributed by atoms with E-state index in [1.165, 1.54) is 16.8 Å². The van der Waals surface area contributed by atoms with Crippen molar-refractivity contribution in [2.75, 3.05) is 5.32 Å². The smallest absolute Gasteiger partial charge is 0.0375 e. The fraction of sp³-hybridized carbons (Fsp3) is 0.231. The molecule has 0 saturated carbocycles. The summed E-state index contributed by atoms with van der Waals surface area (Å²) in [6.07, 6.45) is 2.30. The molecule has 2 heterocycles. The van der Waals surface area contributed by atoms with Crippen LogP contribution < -0.4 is 5.32 Å². The van der Waals surface area contributed by atoms with Crippen LogP contribution in [-0.4, -0.2) is 6.04 Å². The van der Waals surface area contributed by atoms with Gasteiger partial charge >= 0.3 is 0 Å². The lowest BCUT2D eigenvalue weighted by atomic mass is 10.1. The van der Waals surface area contributed by atoms with Crippen LogP contribution in [0, 0.1) is 0 Å². The number of benzene rings is 1. The highest BCUT2D eigenvalue weighted by molar-refractivity contribution is 7.07. The highest BCUT2D eigenvalue weighted by atomic mass is 32.1. The summed E-state index contributed by atoms with van der Waals surface area (Å²) in [5.74, 6) is 0. The van der Waals surface area contributed by atoms with Crippen molar-refractivity contribution in [1.29, 1.82) is 0 Å². The first-order chi connectivity index (χ1) is 7.42. The van der Waals surface area contributed by atoms with Crippen LogP contribution in [0.2, 0.25) is 0 Å². The first kappa shape index (κ1) is 8.98. The Hall–Kier alpha value is -1.28. The number of hydrogen-bond acceptors (Lipinski definition) is 2. The Morgan fingerprint density at radius 1 is 1.27 bits per heavy atom. The van der Waals surface area contributed by atoms with Crippen LogP contribution in [0.4, 0.5) is 5.69 Å². The van der Waals surface area contributed by atoms with E-state index in [0.717, 1.165) is 12.8 Å². The molecular formula is C13H13NS. The van der Waals surface area contributed by atoms with E-state index in [9.17, 15) is 0 Å². The van der Waals surface area contributed by atoms with E-state index in [4.69, 9.17) is 0 Å².